The number of Topliss-reactive ketones (excluding diaryl/α,β-unsaturated/α-hetero) is 1. The highest BCUT2D eigenvalue weighted by atomic mass is 35.5. The minimum absolute atomic E-state index is 0.00346. The van der Waals surface area contributed by atoms with Crippen molar-refractivity contribution in [3.05, 3.63) is 56.6 Å². The van der Waals surface area contributed by atoms with E-state index < -0.39 is 0 Å². The predicted octanol–water partition coefficient (Wildman–Crippen LogP) is 5.75. The quantitative estimate of drug-likeness (QED) is 0.645. The number of hydrogen-bond acceptors (Lipinski definition) is 1. The van der Waals surface area contributed by atoms with Crippen molar-refractivity contribution in [1.29, 1.82) is 0 Å². The van der Waals surface area contributed by atoms with Crippen LogP contribution in [0.1, 0.15) is 45.1 Å². The lowest BCUT2D eigenvalue weighted by molar-refractivity contribution is 0.101. The third-order valence-corrected chi connectivity index (χ3v) is 4.95. The van der Waals surface area contributed by atoms with E-state index in [1.54, 1.807) is 0 Å². The molecule has 21 heavy (non-hydrogen) atoms. The van der Waals surface area contributed by atoms with E-state index in [9.17, 15) is 4.79 Å². The molecule has 0 aliphatic carbocycles. The molecule has 0 aliphatic rings. The van der Waals surface area contributed by atoms with E-state index in [1.165, 1.54) is 40.3 Å². The van der Waals surface area contributed by atoms with Crippen molar-refractivity contribution in [1.82, 2.24) is 0 Å². The first-order valence-electron chi connectivity index (χ1n) is 7.13. The van der Waals surface area contributed by atoms with Gasteiger partial charge < -0.3 is 0 Å². The number of carbonyl (C=O) groups is 1. The van der Waals surface area contributed by atoms with Gasteiger partial charge in [0, 0.05) is 5.56 Å². The maximum Gasteiger partial charge on any atom is 0.161 e. The van der Waals surface area contributed by atoms with Crippen LogP contribution in [0.3, 0.4) is 0 Å². The zero-order chi connectivity index (χ0) is 15.9. The van der Waals surface area contributed by atoms with E-state index in [2.05, 4.69) is 34.6 Å². The summed E-state index contributed by atoms with van der Waals surface area (Å²) >= 11 is 6.27. The Hall–Kier alpha value is -1.60. The Labute approximate surface area is 132 Å². The molecule has 1 nitrogen and oxygen atoms in total. The fraction of sp³-hybridized carbons (Fsp3) is 0.316. The lowest BCUT2D eigenvalue weighted by Gasteiger charge is -2.19. The molecule has 0 spiro atoms. The molecule has 0 saturated carbocycles. The maximum absolute atomic E-state index is 11.5. The fourth-order valence-electron chi connectivity index (χ4n) is 2.89. The van der Waals surface area contributed by atoms with Crippen LogP contribution < -0.4 is 0 Å². The van der Waals surface area contributed by atoms with Gasteiger partial charge in [-0.15, -0.1) is 0 Å². The highest BCUT2D eigenvalue weighted by Crippen LogP contribution is 2.35. The molecule has 2 aromatic rings. The average molecular weight is 301 g/mol. The summed E-state index contributed by atoms with van der Waals surface area (Å²) in [6, 6.07) is 5.72. The second kappa shape index (κ2) is 5.65. The third kappa shape index (κ3) is 2.63. The molecule has 110 valence electrons. The molecule has 2 aromatic carbocycles. The molecule has 0 aromatic heterocycles. The van der Waals surface area contributed by atoms with Crippen LogP contribution in [0.4, 0.5) is 0 Å². The van der Waals surface area contributed by atoms with Gasteiger partial charge in [0.25, 0.3) is 0 Å². The number of hydrogen-bond donors (Lipinski definition) is 0. The van der Waals surface area contributed by atoms with E-state index in [0.29, 0.717) is 10.6 Å². The van der Waals surface area contributed by atoms with Crippen molar-refractivity contribution < 1.29 is 4.79 Å². The molecule has 2 heteroatoms. The summed E-state index contributed by atoms with van der Waals surface area (Å²) in [6.45, 7) is 12.3. The van der Waals surface area contributed by atoms with E-state index in [0.717, 1.165) is 5.56 Å². The van der Waals surface area contributed by atoms with Gasteiger partial charge in [-0.3, -0.25) is 4.79 Å². The van der Waals surface area contributed by atoms with Gasteiger partial charge in [-0.2, -0.15) is 0 Å². The molecule has 0 unspecified atom stereocenters. The van der Waals surface area contributed by atoms with Crippen LogP contribution in [-0.2, 0) is 0 Å². The molecule has 0 fully saturated rings. The van der Waals surface area contributed by atoms with Gasteiger partial charge in [0.15, 0.2) is 5.78 Å². The largest absolute Gasteiger partial charge is 0.294 e. The molecule has 0 N–H and O–H groups in total. The zero-order valence-corrected chi connectivity index (χ0v) is 14.3. The fourth-order valence-corrected chi connectivity index (χ4v) is 3.20. The van der Waals surface area contributed by atoms with Gasteiger partial charge in [0.1, 0.15) is 0 Å². The van der Waals surface area contributed by atoms with E-state index in [4.69, 9.17) is 11.6 Å². The van der Waals surface area contributed by atoms with Gasteiger partial charge in [-0.05, 0) is 92.6 Å². The summed E-state index contributed by atoms with van der Waals surface area (Å²) in [4.78, 5) is 11.5. The predicted molar refractivity (Wildman–Crippen MR) is 90.6 cm³/mol. The molecular weight excluding hydrogens is 280 g/mol. The highest BCUT2D eigenvalue weighted by Gasteiger charge is 2.15. The normalized spacial score (nSPS) is 10.8. The smallest absolute Gasteiger partial charge is 0.161 e. The monoisotopic (exact) mass is 300 g/mol. The Morgan fingerprint density at radius 2 is 1.33 bits per heavy atom. The number of ketones is 1. The summed E-state index contributed by atoms with van der Waals surface area (Å²) in [6.07, 6.45) is 0. The molecule has 0 bridgehead atoms. The van der Waals surface area contributed by atoms with E-state index >= 15 is 0 Å². The molecule has 0 saturated heterocycles. The van der Waals surface area contributed by atoms with Gasteiger partial charge in [-0.25, -0.2) is 0 Å². The Morgan fingerprint density at radius 3 is 1.76 bits per heavy atom. The van der Waals surface area contributed by atoms with Crippen molar-refractivity contribution in [2.45, 2.75) is 41.5 Å². The lowest BCUT2D eigenvalue weighted by Crippen LogP contribution is -2.00. The molecule has 2 rings (SSSR count). The molecular formula is C19H21ClO. The second-order valence-corrected chi connectivity index (χ2v) is 6.16. The summed E-state index contributed by atoms with van der Waals surface area (Å²) in [5.41, 5.74) is 9.43. The van der Waals surface area contributed by atoms with Crippen molar-refractivity contribution in [3.8, 4) is 11.1 Å². The zero-order valence-electron chi connectivity index (χ0n) is 13.5. The van der Waals surface area contributed by atoms with Crippen molar-refractivity contribution in [3.63, 3.8) is 0 Å². The number of halogens is 1. The van der Waals surface area contributed by atoms with Crippen molar-refractivity contribution >= 4 is 17.4 Å². The lowest BCUT2D eigenvalue weighted by atomic mass is 9.86. The van der Waals surface area contributed by atoms with Gasteiger partial charge in [0.2, 0.25) is 0 Å². The van der Waals surface area contributed by atoms with Gasteiger partial charge in [0.05, 0.1) is 5.02 Å². The highest BCUT2D eigenvalue weighted by molar-refractivity contribution is 6.34. The SMILES string of the molecule is CC(=O)c1ccc(-c2c(C)c(C)c(C)c(C)c2C)cc1Cl. The Kier molecular flexibility index (Phi) is 4.25. The average Bonchev–Trinajstić information content (AvgIpc) is 2.43. The van der Waals surface area contributed by atoms with E-state index in [-0.39, 0.29) is 5.78 Å². The topological polar surface area (TPSA) is 17.1 Å². The number of rotatable bonds is 2. The Morgan fingerprint density at radius 1 is 0.857 bits per heavy atom. The van der Waals surface area contributed by atoms with Crippen LogP contribution in [0.2, 0.25) is 5.02 Å². The molecule has 0 amide bonds. The van der Waals surface area contributed by atoms with Crippen LogP contribution in [0.25, 0.3) is 11.1 Å². The summed E-state index contributed by atoms with van der Waals surface area (Å²) in [5.74, 6) is -0.00346. The van der Waals surface area contributed by atoms with Crippen LogP contribution in [-0.4, -0.2) is 5.78 Å². The number of benzene rings is 2. The minimum atomic E-state index is -0.00346. The van der Waals surface area contributed by atoms with Crippen molar-refractivity contribution in [2.75, 3.05) is 0 Å². The first kappa shape index (κ1) is 15.8. The third-order valence-electron chi connectivity index (χ3n) is 4.64. The first-order valence-corrected chi connectivity index (χ1v) is 7.51. The maximum atomic E-state index is 11.5. The number of carbonyl (C=O) groups excluding carboxylic acids is 1. The molecule has 0 aliphatic heterocycles. The standard InChI is InChI=1S/C19H21ClO/c1-10-11(2)13(4)19(14(5)12(10)3)16-7-8-17(15(6)21)18(20)9-16/h7-9H,1-6H3. The van der Waals surface area contributed by atoms with Crippen molar-refractivity contribution in [2.24, 2.45) is 0 Å². The summed E-state index contributed by atoms with van der Waals surface area (Å²) < 4.78 is 0. The second-order valence-electron chi connectivity index (χ2n) is 5.75. The van der Waals surface area contributed by atoms with Gasteiger partial charge >= 0.3 is 0 Å². The Bertz CT molecular complexity index is 713. The Balaban J connectivity index is 2.74. The summed E-state index contributed by atoms with van der Waals surface area (Å²) in [5, 5.41) is 0.523. The van der Waals surface area contributed by atoms with Crippen LogP contribution in [0.5, 0.6) is 0 Å². The van der Waals surface area contributed by atoms with E-state index in [1.807, 2.05) is 18.2 Å². The first-order chi connectivity index (χ1) is 9.75. The summed E-state index contributed by atoms with van der Waals surface area (Å²) in [7, 11) is 0. The molecule has 0 heterocycles. The molecule has 0 atom stereocenters. The van der Waals surface area contributed by atoms with Crippen LogP contribution >= 0.6 is 11.6 Å². The molecule has 0 radical (unpaired) electrons. The van der Waals surface area contributed by atoms with Crippen LogP contribution in [0, 0.1) is 34.6 Å². The van der Waals surface area contributed by atoms with Crippen LogP contribution in [0.15, 0.2) is 18.2 Å². The van der Waals surface area contributed by atoms with Gasteiger partial charge in [-0.1, -0.05) is 17.7 Å². The minimum Gasteiger partial charge on any atom is -0.294 e.